The average molecular weight is 392 g/mol. The molecular formula is C17H11Cl2N3O4. The van der Waals surface area contributed by atoms with Crippen LogP contribution >= 0.6 is 23.2 Å². The first kappa shape index (κ1) is 17.9. The third kappa shape index (κ3) is 4.38. The van der Waals surface area contributed by atoms with E-state index in [-0.39, 0.29) is 22.5 Å². The molecule has 0 fully saturated rings. The minimum Gasteiger partial charge on any atom is -0.452 e. The van der Waals surface area contributed by atoms with Crippen LogP contribution in [-0.4, -0.2) is 28.7 Å². The maximum absolute atomic E-state index is 11.9. The summed E-state index contributed by atoms with van der Waals surface area (Å²) in [5.74, 6) is -1.08. The Hall–Kier alpha value is -2.90. The number of rotatable bonds is 5. The average Bonchev–Trinajstić information content (AvgIpc) is 3.11. The van der Waals surface area contributed by atoms with Crippen molar-refractivity contribution in [2.24, 2.45) is 0 Å². The minimum atomic E-state index is -0.714. The molecule has 3 aromatic rings. The zero-order chi connectivity index (χ0) is 18.5. The van der Waals surface area contributed by atoms with Crippen molar-refractivity contribution in [2.75, 3.05) is 11.9 Å². The van der Waals surface area contributed by atoms with E-state index in [1.54, 1.807) is 12.1 Å². The quantitative estimate of drug-likeness (QED) is 0.663. The van der Waals surface area contributed by atoms with E-state index in [0.717, 1.165) is 0 Å². The number of nitrogens with zero attached hydrogens (tertiary/aromatic N) is 2. The number of hydrogen-bond acceptors (Lipinski definition) is 6. The molecule has 0 saturated heterocycles. The molecule has 9 heteroatoms. The SMILES string of the molecule is O=C(COC(=O)c1ccc(Cl)c(Cl)c1)Nc1nnc(-c2ccccc2)o1. The van der Waals surface area contributed by atoms with Crippen molar-refractivity contribution >= 4 is 41.1 Å². The predicted octanol–water partition coefficient (Wildman–Crippen LogP) is 3.84. The van der Waals surface area contributed by atoms with Crippen molar-refractivity contribution in [3.8, 4) is 11.5 Å². The minimum absolute atomic E-state index is 0.0977. The summed E-state index contributed by atoms with van der Waals surface area (Å²) in [5, 5.41) is 10.4. The number of aromatic nitrogens is 2. The summed E-state index contributed by atoms with van der Waals surface area (Å²) in [7, 11) is 0. The molecule has 1 amide bonds. The number of ether oxygens (including phenoxy) is 1. The Morgan fingerprint density at radius 3 is 2.54 bits per heavy atom. The maximum Gasteiger partial charge on any atom is 0.338 e. The highest BCUT2D eigenvalue weighted by molar-refractivity contribution is 6.42. The summed E-state index contributed by atoms with van der Waals surface area (Å²) in [6.45, 7) is -0.526. The molecule has 0 aliphatic rings. The van der Waals surface area contributed by atoms with Crippen LogP contribution in [0.25, 0.3) is 11.5 Å². The molecule has 0 bridgehead atoms. The van der Waals surface area contributed by atoms with Gasteiger partial charge in [0.1, 0.15) is 0 Å². The fourth-order valence-corrected chi connectivity index (χ4v) is 2.26. The van der Waals surface area contributed by atoms with Crippen LogP contribution in [0, 0.1) is 0 Å². The van der Waals surface area contributed by atoms with Crippen LogP contribution in [0.1, 0.15) is 10.4 Å². The number of nitrogens with one attached hydrogen (secondary N) is 1. The molecule has 1 N–H and O–H groups in total. The zero-order valence-electron chi connectivity index (χ0n) is 13.1. The van der Waals surface area contributed by atoms with Gasteiger partial charge in [0.15, 0.2) is 6.61 Å². The Labute approximate surface area is 157 Å². The number of halogens is 2. The molecule has 0 saturated carbocycles. The summed E-state index contributed by atoms with van der Waals surface area (Å²) in [6.07, 6.45) is 0. The van der Waals surface area contributed by atoms with Gasteiger partial charge in [0.2, 0.25) is 5.89 Å². The van der Waals surface area contributed by atoms with Gasteiger partial charge in [-0.2, -0.15) is 0 Å². The Kier molecular flexibility index (Phi) is 5.50. The topological polar surface area (TPSA) is 94.3 Å². The van der Waals surface area contributed by atoms with E-state index in [1.165, 1.54) is 18.2 Å². The first-order valence-corrected chi connectivity index (χ1v) is 8.09. The van der Waals surface area contributed by atoms with E-state index >= 15 is 0 Å². The molecule has 0 aliphatic heterocycles. The van der Waals surface area contributed by atoms with Crippen LogP contribution in [0.3, 0.4) is 0 Å². The zero-order valence-corrected chi connectivity index (χ0v) is 14.6. The monoisotopic (exact) mass is 391 g/mol. The summed E-state index contributed by atoms with van der Waals surface area (Å²) >= 11 is 11.6. The van der Waals surface area contributed by atoms with Gasteiger partial charge in [0.25, 0.3) is 5.91 Å². The predicted molar refractivity (Wildman–Crippen MR) is 95.1 cm³/mol. The molecule has 132 valence electrons. The van der Waals surface area contributed by atoms with Crippen LogP contribution in [0.2, 0.25) is 10.0 Å². The lowest BCUT2D eigenvalue weighted by atomic mass is 10.2. The molecular weight excluding hydrogens is 381 g/mol. The molecule has 0 unspecified atom stereocenters. The van der Waals surface area contributed by atoms with Crippen LogP contribution in [0.4, 0.5) is 6.01 Å². The number of carbonyl (C=O) groups is 2. The number of carbonyl (C=O) groups excluding carboxylic acids is 2. The van der Waals surface area contributed by atoms with E-state index in [2.05, 4.69) is 15.5 Å². The van der Waals surface area contributed by atoms with Gasteiger partial charge in [-0.3, -0.25) is 10.1 Å². The molecule has 26 heavy (non-hydrogen) atoms. The van der Waals surface area contributed by atoms with Gasteiger partial charge in [-0.1, -0.05) is 46.5 Å². The van der Waals surface area contributed by atoms with Crippen molar-refractivity contribution in [3.05, 3.63) is 64.1 Å². The van der Waals surface area contributed by atoms with E-state index < -0.39 is 18.5 Å². The number of amides is 1. The lowest BCUT2D eigenvalue weighted by Crippen LogP contribution is -2.21. The van der Waals surface area contributed by atoms with Crippen molar-refractivity contribution in [1.82, 2.24) is 10.2 Å². The summed E-state index contributed by atoms with van der Waals surface area (Å²) in [5.41, 5.74) is 0.892. The molecule has 7 nitrogen and oxygen atoms in total. The van der Waals surface area contributed by atoms with Crippen LogP contribution < -0.4 is 5.32 Å². The first-order chi connectivity index (χ1) is 12.5. The Bertz CT molecular complexity index is 944. The van der Waals surface area contributed by atoms with E-state index in [9.17, 15) is 9.59 Å². The van der Waals surface area contributed by atoms with Crippen molar-refractivity contribution in [1.29, 1.82) is 0 Å². The largest absolute Gasteiger partial charge is 0.452 e. The molecule has 2 aromatic carbocycles. The van der Waals surface area contributed by atoms with Gasteiger partial charge < -0.3 is 9.15 Å². The van der Waals surface area contributed by atoms with Gasteiger partial charge in [-0.25, -0.2) is 4.79 Å². The van der Waals surface area contributed by atoms with E-state index in [0.29, 0.717) is 10.6 Å². The summed E-state index contributed by atoms with van der Waals surface area (Å²) in [6, 6.07) is 13.2. The molecule has 0 atom stereocenters. The highest BCUT2D eigenvalue weighted by Crippen LogP contribution is 2.23. The molecule has 0 radical (unpaired) electrons. The van der Waals surface area contributed by atoms with Crippen molar-refractivity contribution in [3.63, 3.8) is 0 Å². The highest BCUT2D eigenvalue weighted by Gasteiger charge is 2.14. The first-order valence-electron chi connectivity index (χ1n) is 7.34. The molecule has 1 aromatic heterocycles. The second-order valence-electron chi connectivity index (χ2n) is 5.03. The molecule has 0 aliphatic carbocycles. The van der Waals surface area contributed by atoms with Crippen LogP contribution in [0.5, 0.6) is 0 Å². The summed E-state index contributed by atoms with van der Waals surface area (Å²) in [4.78, 5) is 23.8. The molecule has 1 heterocycles. The number of esters is 1. The van der Waals surface area contributed by atoms with Crippen molar-refractivity contribution in [2.45, 2.75) is 0 Å². The second kappa shape index (κ2) is 7.99. The Morgan fingerprint density at radius 2 is 1.81 bits per heavy atom. The standard InChI is InChI=1S/C17H11Cl2N3O4/c18-12-7-6-11(8-13(12)19)16(24)25-9-14(23)20-17-22-21-15(26-17)10-4-2-1-3-5-10/h1-8H,9H2,(H,20,22,23). The van der Waals surface area contributed by atoms with E-state index in [4.69, 9.17) is 32.4 Å². The van der Waals surface area contributed by atoms with E-state index in [1.807, 2.05) is 18.2 Å². The fourth-order valence-electron chi connectivity index (χ4n) is 1.96. The second-order valence-corrected chi connectivity index (χ2v) is 5.85. The Balaban J connectivity index is 1.55. The normalized spacial score (nSPS) is 10.4. The van der Waals surface area contributed by atoms with Gasteiger partial charge in [0.05, 0.1) is 15.6 Å². The molecule has 3 rings (SSSR count). The Morgan fingerprint density at radius 1 is 1.04 bits per heavy atom. The lowest BCUT2D eigenvalue weighted by Gasteiger charge is -2.05. The van der Waals surface area contributed by atoms with Crippen molar-refractivity contribution < 1.29 is 18.7 Å². The van der Waals surface area contributed by atoms with Crippen LogP contribution in [0.15, 0.2) is 52.9 Å². The van der Waals surface area contributed by atoms with Gasteiger partial charge in [-0.15, -0.1) is 5.10 Å². The number of anilines is 1. The third-order valence-corrected chi connectivity index (χ3v) is 3.92. The number of benzene rings is 2. The van der Waals surface area contributed by atoms with Gasteiger partial charge in [0, 0.05) is 5.56 Å². The fraction of sp³-hybridized carbons (Fsp3) is 0.0588. The smallest absolute Gasteiger partial charge is 0.338 e. The highest BCUT2D eigenvalue weighted by atomic mass is 35.5. The third-order valence-electron chi connectivity index (χ3n) is 3.18. The maximum atomic E-state index is 11.9. The summed E-state index contributed by atoms with van der Waals surface area (Å²) < 4.78 is 10.2. The molecule has 0 spiro atoms. The lowest BCUT2D eigenvalue weighted by molar-refractivity contribution is -0.119. The van der Waals surface area contributed by atoms with Gasteiger partial charge >= 0.3 is 12.0 Å². The van der Waals surface area contributed by atoms with Gasteiger partial charge in [-0.05, 0) is 30.3 Å². The number of hydrogen-bond donors (Lipinski definition) is 1. The van der Waals surface area contributed by atoms with Crippen LogP contribution in [-0.2, 0) is 9.53 Å².